The highest BCUT2D eigenvalue weighted by Gasteiger charge is 2.28. The van der Waals surface area contributed by atoms with E-state index in [4.69, 9.17) is 9.15 Å². The third-order valence-corrected chi connectivity index (χ3v) is 5.36. The van der Waals surface area contributed by atoms with E-state index < -0.39 is 0 Å². The third kappa shape index (κ3) is 4.51. The Morgan fingerprint density at radius 3 is 2.65 bits per heavy atom. The minimum atomic E-state index is -0.336. The van der Waals surface area contributed by atoms with Gasteiger partial charge in [0.25, 0.3) is 11.8 Å². The van der Waals surface area contributed by atoms with E-state index in [1.54, 1.807) is 24.3 Å². The van der Waals surface area contributed by atoms with E-state index in [-0.39, 0.29) is 23.1 Å². The molecular formula is C18H23N3O4S. The van der Waals surface area contributed by atoms with Crippen molar-refractivity contribution in [1.29, 1.82) is 0 Å². The van der Waals surface area contributed by atoms with Crippen molar-refractivity contribution < 1.29 is 18.7 Å². The van der Waals surface area contributed by atoms with Gasteiger partial charge in [0.15, 0.2) is 5.76 Å². The van der Waals surface area contributed by atoms with Gasteiger partial charge in [-0.05, 0) is 38.1 Å². The van der Waals surface area contributed by atoms with Crippen LogP contribution in [0.2, 0.25) is 0 Å². The molecule has 3 heterocycles. The molecular weight excluding hydrogens is 354 g/mol. The van der Waals surface area contributed by atoms with Crippen LogP contribution in [0, 0.1) is 0 Å². The van der Waals surface area contributed by atoms with E-state index in [1.807, 2.05) is 0 Å². The van der Waals surface area contributed by atoms with Crippen LogP contribution in [0.15, 0.2) is 34.9 Å². The van der Waals surface area contributed by atoms with Crippen molar-refractivity contribution in [2.45, 2.75) is 19.4 Å². The molecule has 0 aromatic carbocycles. The van der Waals surface area contributed by atoms with E-state index in [2.05, 4.69) is 29.4 Å². The molecule has 0 spiro atoms. The standard InChI is InChI=1S/C18H23N3O4S/c1-18(2,21-7-10-24-11-8-21)12-19-17(23)14-5-6-15(26-14)20-16(22)13-4-3-9-25-13/h3-6,9H,7-8,10-12H2,1-2H3,(H,19,23)(H,20,22). The van der Waals surface area contributed by atoms with Crippen LogP contribution in [0.25, 0.3) is 0 Å². The lowest BCUT2D eigenvalue weighted by Gasteiger charge is -2.40. The Morgan fingerprint density at radius 1 is 1.19 bits per heavy atom. The van der Waals surface area contributed by atoms with Crippen LogP contribution in [-0.4, -0.2) is 55.1 Å². The number of carbonyl (C=O) groups excluding carboxylic acids is 2. The fourth-order valence-corrected chi connectivity index (χ4v) is 3.59. The molecule has 2 aromatic heterocycles. The highest BCUT2D eigenvalue weighted by atomic mass is 32.1. The molecule has 8 heteroatoms. The lowest BCUT2D eigenvalue weighted by atomic mass is 10.0. The van der Waals surface area contributed by atoms with E-state index in [9.17, 15) is 9.59 Å². The summed E-state index contributed by atoms with van der Waals surface area (Å²) < 4.78 is 10.4. The zero-order valence-corrected chi connectivity index (χ0v) is 15.7. The minimum absolute atomic E-state index is 0.144. The number of morpholine rings is 1. The fourth-order valence-electron chi connectivity index (χ4n) is 2.77. The molecule has 2 amide bonds. The molecule has 1 saturated heterocycles. The highest BCUT2D eigenvalue weighted by Crippen LogP contribution is 2.23. The first-order valence-electron chi connectivity index (χ1n) is 8.51. The van der Waals surface area contributed by atoms with Crippen molar-refractivity contribution >= 4 is 28.2 Å². The van der Waals surface area contributed by atoms with Crippen LogP contribution in [0.3, 0.4) is 0 Å². The van der Waals surface area contributed by atoms with Gasteiger partial charge in [-0.1, -0.05) is 0 Å². The first-order valence-corrected chi connectivity index (χ1v) is 9.33. The maximum Gasteiger partial charge on any atom is 0.291 e. The quantitative estimate of drug-likeness (QED) is 0.808. The van der Waals surface area contributed by atoms with Crippen molar-refractivity contribution in [3.63, 3.8) is 0 Å². The Labute approximate surface area is 156 Å². The molecule has 0 atom stereocenters. The number of carbonyl (C=O) groups is 2. The summed E-state index contributed by atoms with van der Waals surface area (Å²) in [6.07, 6.45) is 1.44. The van der Waals surface area contributed by atoms with Crippen LogP contribution < -0.4 is 10.6 Å². The number of ether oxygens (including phenoxy) is 1. The summed E-state index contributed by atoms with van der Waals surface area (Å²) in [5, 5.41) is 6.32. The number of furan rings is 1. The molecule has 0 aliphatic carbocycles. The Bertz CT molecular complexity index is 748. The van der Waals surface area contributed by atoms with Crippen LogP contribution in [0.5, 0.6) is 0 Å². The van der Waals surface area contributed by atoms with Gasteiger partial charge in [-0.2, -0.15) is 0 Å². The number of thiophene rings is 1. The van der Waals surface area contributed by atoms with Gasteiger partial charge in [-0.15, -0.1) is 11.3 Å². The van der Waals surface area contributed by atoms with Crippen molar-refractivity contribution in [3.05, 3.63) is 41.2 Å². The second kappa shape index (κ2) is 8.03. The molecule has 0 saturated carbocycles. The molecule has 7 nitrogen and oxygen atoms in total. The molecule has 2 aromatic rings. The average molecular weight is 377 g/mol. The van der Waals surface area contributed by atoms with Crippen LogP contribution in [0.4, 0.5) is 5.00 Å². The molecule has 1 aliphatic heterocycles. The number of anilines is 1. The summed E-state index contributed by atoms with van der Waals surface area (Å²) in [7, 11) is 0. The molecule has 1 fully saturated rings. The zero-order chi connectivity index (χ0) is 18.6. The minimum Gasteiger partial charge on any atom is -0.459 e. The number of nitrogens with one attached hydrogen (secondary N) is 2. The summed E-state index contributed by atoms with van der Waals surface area (Å²) in [5.74, 6) is -0.247. The number of nitrogens with zero attached hydrogens (tertiary/aromatic N) is 1. The predicted octanol–water partition coefficient (Wildman–Crippen LogP) is 2.43. The largest absolute Gasteiger partial charge is 0.459 e. The molecule has 0 radical (unpaired) electrons. The maximum absolute atomic E-state index is 12.4. The molecule has 0 unspecified atom stereocenters. The van der Waals surface area contributed by atoms with Crippen LogP contribution in [-0.2, 0) is 4.74 Å². The van der Waals surface area contributed by atoms with Crippen LogP contribution >= 0.6 is 11.3 Å². The second-order valence-electron chi connectivity index (χ2n) is 6.69. The second-order valence-corrected chi connectivity index (χ2v) is 7.77. The molecule has 1 aliphatic rings. The van der Waals surface area contributed by atoms with Gasteiger partial charge < -0.3 is 19.8 Å². The van der Waals surface area contributed by atoms with E-state index in [0.29, 0.717) is 16.4 Å². The van der Waals surface area contributed by atoms with Crippen LogP contribution in [0.1, 0.15) is 34.1 Å². The van der Waals surface area contributed by atoms with Gasteiger partial charge in [0.05, 0.1) is 29.4 Å². The normalized spacial score (nSPS) is 15.6. The summed E-state index contributed by atoms with van der Waals surface area (Å²) in [6.45, 7) is 7.94. The molecule has 140 valence electrons. The van der Waals surface area contributed by atoms with Gasteiger partial charge in [-0.3, -0.25) is 14.5 Å². The van der Waals surface area contributed by atoms with E-state index in [1.165, 1.54) is 17.6 Å². The Balaban J connectivity index is 1.53. The number of hydrogen-bond donors (Lipinski definition) is 2. The van der Waals surface area contributed by atoms with Gasteiger partial charge in [0.2, 0.25) is 0 Å². The lowest BCUT2D eigenvalue weighted by molar-refractivity contribution is -0.00922. The Kier molecular flexibility index (Phi) is 5.75. The van der Waals surface area contributed by atoms with Crippen molar-refractivity contribution in [3.8, 4) is 0 Å². The summed E-state index contributed by atoms with van der Waals surface area (Å²) in [6, 6.07) is 6.66. The topological polar surface area (TPSA) is 83.8 Å². The van der Waals surface area contributed by atoms with Gasteiger partial charge in [0.1, 0.15) is 0 Å². The third-order valence-electron chi connectivity index (χ3n) is 4.36. The van der Waals surface area contributed by atoms with Gasteiger partial charge >= 0.3 is 0 Å². The number of amides is 2. The predicted molar refractivity (Wildman–Crippen MR) is 99.8 cm³/mol. The zero-order valence-electron chi connectivity index (χ0n) is 14.9. The average Bonchev–Trinajstić information content (AvgIpc) is 3.32. The number of rotatable bonds is 6. The van der Waals surface area contributed by atoms with Gasteiger partial charge in [0, 0.05) is 25.2 Å². The first-order chi connectivity index (χ1) is 12.5. The Morgan fingerprint density at radius 2 is 1.96 bits per heavy atom. The maximum atomic E-state index is 12.4. The lowest BCUT2D eigenvalue weighted by Crippen LogP contribution is -2.55. The highest BCUT2D eigenvalue weighted by molar-refractivity contribution is 7.18. The van der Waals surface area contributed by atoms with E-state index in [0.717, 1.165) is 26.3 Å². The summed E-state index contributed by atoms with van der Waals surface area (Å²) in [4.78, 5) is 27.3. The molecule has 3 rings (SSSR count). The molecule has 0 bridgehead atoms. The smallest absolute Gasteiger partial charge is 0.291 e. The van der Waals surface area contributed by atoms with Crippen molar-refractivity contribution in [1.82, 2.24) is 10.2 Å². The Hall–Kier alpha value is -2.16. The van der Waals surface area contributed by atoms with Gasteiger partial charge in [-0.25, -0.2) is 0 Å². The summed E-state index contributed by atoms with van der Waals surface area (Å²) >= 11 is 1.23. The molecule has 2 N–H and O–H groups in total. The van der Waals surface area contributed by atoms with Crippen molar-refractivity contribution in [2.24, 2.45) is 0 Å². The monoisotopic (exact) mass is 377 g/mol. The molecule has 26 heavy (non-hydrogen) atoms. The first kappa shape index (κ1) is 18.6. The van der Waals surface area contributed by atoms with Crippen molar-refractivity contribution in [2.75, 3.05) is 38.2 Å². The number of hydrogen-bond acceptors (Lipinski definition) is 6. The summed E-state index contributed by atoms with van der Waals surface area (Å²) in [5.41, 5.74) is -0.146. The SMILES string of the molecule is CC(C)(CNC(=O)c1ccc(NC(=O)c2ccco2)s1)N1CCOCC1. The fraction of sp³-hybridized carbons (Fsp3) is 0.444. The van der Waals surface area contributed by atoms with E-state index >= 15 is 0 Å².